The van der Waals surface area contributed by atoms with Crippen molar-refractivity contribution in [2.75, 3.05) is 0 Å². The molecule has 0 aliphatic heterocycles. The molecule has 0 saturated heterocycles. The van der Waals surface area contributed by atoms with Crippen molar-refractivity contribution in [3.05, 3.63) is 145 Å². The van der Waals surface area contributed by atoms with Crippen molar-refractivity contribution in [2.24, 2.45) is 0 Å². The second kappa shape index (κ2) is 9.07. The third-order valence-electron chi connectivity index (χ3n) is 8.65. The molecule has 0 spiro atoms. The van der Waals surface area contributed by atoms with Crippen LogP contribution in [0.1, 0.15) is 23.1 Å². The van der Waals surface area contributed by atoms with E-state index in [0.717, 1.165) is 12.8 Å². The zero-order chi connectivity index (χ0) is 26.6. The Morgan fingerprint density at radius 1 is 0.575 bits per heavy atom. The summed E-state index contributed by atoms with van der Waals surface area (Å²) in [4.78, 5) is 0. The lowest BCUT2D eigenvalue weighted by Crippen LogP contribution is -1.96. The van der Waals surface area contributed by atoms with Gasteiger partial charge < -0.3 is 0 Å². The van der Waals surface area contributed by atoms with Crippen LogP contribution in [0.2, 0.25) is 0 Å². The van der Waals surface area contributed by atoms with E-state index in [1.54, 1.807) is 0 Å². The molecule has 0 heterocycles. The number of hydrogen-bond donors (Lipinski definition) is 0. The molecule has 7 aromatic rings. The van der Waals surface area contributed by atoms with Gasteiger partial charge in [0, 0.05) is 0 Å². The molecule has 0 nitrogen and oxygen atoms in total. The number of benzene rings is 7. The number of hydrogen-bond acceptors (Lipinski definition) is 0. The van der Waals surface area contributed by atoms with E-state index >= 15 is 0 Å². The van der Waals surface area contributed by atoms with Crippen LogP contribution in [-0.2, 0) is 6.42 Å². The predicted octanol–water partition coefficient (Wildman–Crippen LogP) is 11.2. The predicted molar refractivity (Wildman–Crippen MR) is 175 cm³/mol. The van der Waals surface area contributed by atoms with Crippen molar-refractivity contribution in [2.45, 2.75) is 12.8 Å². The fourth-order valence-electron chi connectivity index (χ4n) is 6.89. The summed E-state index contributed by atoms with van der Waals surface area (Å²) in [5.41, 5.74) is 9.17. The average molecular weight is 509 g/mol. The van der Waals surface area contributed by atoms with E-state index in [0.29, 0.717) is 0 Å². The van der Waals surface area contributed by atoms with Crippen LogP contribution in [0.5, 0.6) is 0 Å². The molecule has 0 bridgehead atoms. The molecule has 0 fully saturated rings. The Labute approximate surface area is 234 Å². The van der Waals surface area contributed by atoms with E-state index in [1.165, 1.54) is 82.0 Å². The Bertz CT molecular complexity index is 2120. The maximum absolute atomic E-state index is 4.11. The maximum Gasteiger partial charge on any atom is -0.00199 e. The van der Waals surface area contributed by atoms with E-state index < -0.39 is 0 Å². The lowest BCUT2D eigenvalue weighted by atomic mass is 9.82. The molecule has 0 heteroatoms. The van der Waals surface area contributed by atoms with Crippen LogP contribution < -0.4 is 0 Å². The first kappa shape index (κ1) is 23.0. The highest BCUT2D eigenvalue weighted by atomic mass is 14.2. The molecule has 0 aromatic heterocycles. The zero-order valence-electron chi connectivity index (χ0n) is 22.3. The summed E-state index contributed by atoms with van der Waals surface area (Å²) in [5, 5.41) is 10.2. The van der Waals surface area contributed by atoms with Gasteiger partial charge in [-0.15, -0.1) is 0 Å². The summed E-state index contributed by atoms with van der Waals surface area (Å²) in [6.07, 6.45) is 8.74. The van der Waals surface area contributed by atoms with Crippen LogP contribution in [0.4, 0.5) is 0 Å². The van der Waals surface area contributed by atoms with Crippen LogP contribution in [0.3, 0.4) is 0 Å². The third kappa shape index (κ3) is 3.39. The Morgan fingerprint density at radius 3 is 1.93 bits per heavy atom. The van der Waals surface area contributed by atoms with Gasteiger partial charge >= 0.3 is 0 Å². The molecular weight excluding hydrogens is 480 g/mol. The number of rotatable bonds is 3. The Morgan fingerprint density at radius 2 is 1.23 bits per heavy atom. The summed E-state index contributed by atoms with van der Waals surface area (Å²) in [7, 11) is 0. The SMILES string of the molecule is C=Cc1cccc2cc(-c3c4ccccc4c(-c4ccc5c(c4)CCC=C5)c4ccccc34)c3ccccc3c12. The van der Waals surface area contributed by atoms with Crippen LogP contribution in [0.25, 0.3) is 77.5 Å². The Balaban J connectivity index is 1.53. The zero-order valence-corrected chi connectivity index (χ0v) is 22.3. The molecule has 1 aliphatic carbocycles. The van der Waals surface area contributed by atoms with Crippen molar-refractivity contribution in [3.8, 4) is 22.3 Å². The molecule has 40 heavy (non-hydrogen) atoms. The molecule has 1 aliphatic rings. The Hall–Kier alpha value is -4.94. The van der Waals surface area contributed by atoms with Crippen LogP contribution >= 0.6 is 0 Å². The monoisotopic (exact) mass is 508 g/mol. The molecule has 0 N–H and O–H groups in total. The van der Waals surface area contributed by atoms with E-state index in [2.05, 4.69) is 134 Å². The molecule has 8 rings (SSSR count). The van der Waals surface area contributed by atoms with Gasteiger partial charge in [0.2, 0.25) is 0 Å². The summed E-state index contributed by atoms with van der Waals surface area (Å²) in [5.74, 6) is 0. The van der Waals surface area contributed by atoms with Gasteiger partial charge in [0.1, 0.15) is 0 Å². The van der Waals surface area contributed by atoms with Crippen molar-refractivity contribution >= 4 is 55.2 Å². The van der Waals surface area contributed by atoms with Gasteiger partial charge in [-0.2, -0.15) is 0 Å². The van der Waals surface area contributed by atoms with Gasteiger partial charge in [-0.1, -0.05) is 134 Å². The minimum atomic E-state index is 1.10. The van der Waals surface area contributed by atoms with E-state index in [-0.39, 0.29) is 0 Å². The van der Waals surface area contributed by atoms with E-state index in [9.17, 15) is 0 Å². The highest BCUT2D eigenvalue weighted by Gasteiger charge is 2.20. The number of fused-ring (bicyclic) bond motifs is 6. The summed E-state index contributed by atoms with van der Waals surface area (Å²) in [6, 6.07) is 42.8. The first-order chi connectivity index (χ1) is 19.8. The van der Waals surface area contributed by atoms with Gasteiger partial charge in [0.15, 0.2) is 0 Å². The van der Waals surface area contributed by atoms with Crippen molar-refractivity contribution in [1.82, 2.24) is 0 Å². The fourth-order valence-corrected chi connectivity index (χ4v) is 6.89. The van der Waals surface area contributed by atoms with E-state index in [1.807, 2.05) is 6.08 Å². The van der Waals surface area contributed by atoms with Crippen molar-refractivity contribution < 1.29 is 0 Å². The minimum absolute atomic E-state index is 1.10. The smallest absolute Gasteiger partial charge is 0.00199 e. The maximum atomic E-state index is 4.11. The van der Waals surface area contributed by atoms with Gasteiger partial charge in [0.05, 0.1) is 0 Å². The largest absolute Gasteiger partial charge is 0.0984 e. The molecular formula is C40H28. The van der Waals surface area contributed by atoms with Crippen LogP contribution in [0, 0.1) is 0 Å². The van der Waals surface area contributed by atoms with Gasteiger partial charge in [-0.25, -0.2) is 0 Å². The Kier molecular flexibility index (Phi) is 5.21. The second-order valence-electron chi connectivity index (χ2n) is 10.8. The molecule has 188 valence electrons. The molecule has 0 amide bonds. The quantitative estimate of drug-likeness (QED) is 0.164. The van der Waals surface area contributed by atoms with E-state index in [4.69, 9.17) is 0 Å². The molecule has 0 saturated carbocycles. The molecule has 0 unspecified atom stereocenters. The van der Waals surface area contributed by atoms with Crippen molar-refractivity contribution in [1.29, 1.82) is 0 Å². The van der Waals surface area contributed by atoms with Gasteiger partial charge in [-0.3, -0.25) is 0 Å². The lowest BCUT2D eigenvalue weighted by Gasteiger charge is -2.21. The standard InChI is InChI=1S/C40H28/c1-2-26-14-11-15-29-25-37(31-16-5-6-17-32(31)38(26)29)40-35-20-9-7-18-33(35)39(34-19-8-10-21-36(34)40)30-23-22-27-12-3-4-13-28(27)24-30/h2-3,5-12,14-25H,1,4,13H2. The molecule has 0 atom stereocenters. The highest BCUT2D eigenvalue weighted by Crippen LogP contribution is 2.47. The number of allylic oxidation sites excluding steroid dienone is 1. The minimum Gasteiger partial charge on any atom is -0.0984 e. The summed E-state index contributed by atoms with van der Waals surface area (Å²) in [6.45, 7) is 4.11. The lowest BCUT2D eigenvalue weighted by molar-refractivity contribution is 0.986. The summed E-state index contributed by atoms with van der Waals surface area (Å²) < 4.78 is 0. The first-order valence-electron chi connectivity index (χ1n) is 14.1. The topological polar surface area (TPSA) is 0 Å². The summed E-state index contributed by atoms with van der Waals surface area (Å²) >= 11 is 0. The molecule has 7 aromatic carbocycles. The van der Waals surface area contributed by atoms with Gasteiger partial charge in [-0.05, 0) is 101 Å². The second-order valence-corrected chi connectivity index (χ2v) is 10.8. The molecule has 0 radical (unpaired) electrons. The fraction of sp³-hybridized carbons (Fsp3) is 0.0500. The van der Waals surface area contributed by atoms with Crippen LogP contribution in [0.15, 0.2) is 128 Å². The highest BCUT2D eigenvalue weighted by molar-refractivity contribution is 6.26. The average Bonchev–Trinajstić information content (AvgIpc) is 3.02. The third-order valence-corrected chi connectivity index (χ3v) is 8.65. The van der Waals surface area contributed by atoms with Crippen LogP contribution in [-0.4, -0.2) is 0 Å². The van der Waals surface area contributed by atoms with Gasteiger partial charge in [0.25, 0.3) is 0 Å². The normalized spacial score (nSPS) is 12.8. The van der Waals surface area contributed by atoms with Crippen molar-refractivity contribution in [3.63, 3.8) is 0 Å². The first-order valence-corrected chi connectivity index (χ1v) is 14.1. The number of aryl methyl sites for hydroxylation is 1.